The van der Waals surface area contributed by atoms with Crippen LogP contribution in [0.1, 0.15) is 46.0 Å². The first kappa shape index (κ1) is 15.0. The van der Waals surface area contributed by atoms with Crippen molar-refractivity contribution in [3.8, 4) is 0 Å². The number of piperidine rings is 1. The van der Waals surface area contributed by atoms with Crippen molar-refractivity contribution < 1.29 is 14.4 Å². The third-order valence-electron chi connectivity index (χ3n) is 4.21. The van der Waals surface area contributed by atoms with E-state index < -0.39 is 17.4 Å². The standard InChI is InChI=1S/C14H23N3O3/c1-14(2)13(20)16-11(18)9-17(14)12(19)7-6-10-5-3-4-8-15-10/h10,15H,3-9H2,1-2H3,(H,16,18,20). The quantitative estimate of drug-likeness (QED) is 0.723. The summed E-state index contributed by atoms with van der Waals surface area (Å²) in [5.74, 6) is -0.929. The minimum absolute atomic E-state index is 0.0321. The summed E-state index contributed by atoms with van der Waals surface area (Å²) in [6.07, 6.45) is 4.62. The number of imide groups is 1. The van der Waals surface area contributed by atoms with Gasteiger partial charge in [-0.05, 0) is 39.7 Å². The lowest BCUT2D eigenvalue weighted by Gasteiger charge is -2.40. The molecule has 3 amide bonds. The average Bonchev–Trinajstić information content (AvgIpc) is 2.41. The monoisotopic (exact) mass is 281 g/mol. The van der Waals surface area contributed by atoms with Crippen LogP contribution in [0.2, 0.25) is 0 Å². The summed E-state index contributed by atoms with van der Waals surface area (Å²) in [6.45, 7) is 4.32. The van der Waals surface area contributed by atoms with E-state index in [1.165, 1.54) is 17.7 Å². The Bertz CT molecular complexity index is 414. The van der Waals surface area contributed by atoms with Crippen molar-refractivity contribution in [3.63, 3.8) is 0 Å². The predicted octanol–water partition coefficient (Wildman–Crippen LogP) is 0.172. The van der Waals surface area contributed by atoms with Crippen LogP contribution in [0.25, 0.3) is 0 Å². The van der Waals surface area contributed by atoms with Crippen LogP contribution < -0.4 is 10.6 Å². The summed E-state index contributed by atoms with van der Waals surface area (Å²) < 4.78 is 0. The Morgan fingerprint density at radius 3 is 2.75 bits per heavy atom. The van der Waals surface area contributed by atoms with Crippen molar-refractivity contribution in [1.29, 1.82) is 0 Å². The summed E-state index contributed by atoms with van der Waals surface area (Å²) >= 11 is 0. The Morgan fingerprint density at radius 1 is 1.35 bits per heavy atom. The molecule has 0 aromatic carbocycles. The van der Waals surface area contributed by atoms with Gasteiger partial charge in [-0.2, -0.15) is 0 Å². The van der Waals surface area contributed by atoms with Crippen molar-refractivity contribution in [3.05, 3.63) is 0 Å². The lowest BCUT2D eigenvalue weighted by molar-refractivity contribution is -0.155. The number of carbonyl (C=O) groups excluding carboxylic acids is 3. The molecule has 0 saturated carbocycles. The number of nitrogens with one attached hydrogen (secondary N) is 2. The number of nitrogens with zero attached hydrogens (tertiary/aromatic N) is 1. The zero-order valence-electron chi connectivity index (χ0n) is 12.2. The largest absolute Gasteiger partial charge is 0.319 e. The molecular formula is C14H23N3O3. The van der Waals surface area contributed by atoms with Crippen LogP contribution in [0.5, 0.6) is 0 Å². The molecule has 1 atom stereocenters. The molecule has 2 aliphatic rings. The number of piperazine rings is 1. The minimum atomic E-state index is -0.953. The summed E-state index contributed by atoms with van der Waals surface area (Å²) in [5, 5.41) is 5.67. The Hall–Kier alpha value is -1.43. The molecule has 0 aromatic heterocycles. The van der Waals surface area contributed by atoms with E-state index in [2.05, 4.69) is 10.6 Å². The molecule has 0 radical (unpaired) electrons. The number of carbonyl (C=O) groups is 3. The van der Waals surface area contributed by atoms with Crippen molar-refractivity contribution in [1.82, 2.24) is 15.5 Å². The van der Waals surface area contributed by atoms with Crippen LogP contribution in [0, 0.1) is 0 Å². The molecule has 0 aliphatic carbocycles. The first-order valence-corrected chi connectivity index (χ1v) is 7.29. The molecule has 6 heteroatoms. The number of amides is 3. The molecule has 6 nitrogen and oxygen atoms in total. The number of hydrogen-bond donors (Lipinski definition) is 2. The number of hydrogen-bond acceptors (Lipinski definition) is 4. The van der Waals surface area contributed by atoms with Gasteiger partial charge < -0.3 is 10.2 Å². The van der Waals surface area contributed by atoms with Gasteiger partial charge in [-0.25, -0.2) is 0 Å². The molecule has 2 saturated heterocycles. The highest BCUT2D eigenvalue weighted by atomic mass is 16.2. The molecule has 0 aromatic rings. The molecule has 2 aliphatic heterocycles. The Morgan fingerprint density at radius 2 is 2.10 bits per heavy atom. The van der Waals surface area contributed by atoms with Crippen molar-refractivity contribution in [2.75, 3.05) is 13.1 Å². The van der Waals surface area contributed by atoms with Gasteiger partial charge in [0.2, 0.25) is 11.8 Å². The fourth-order valence-corrected chi connectivity index (χ4v) is 2.79. The lowest BCUT2D eigenvalue weighted by atomic mass is 9.96. The van der Waals surface area contributed by atoms with Gasteiger partial charge in [0.15, 0.2) is 0 Å². The SMILES string of the molecule is CC1(C)C(=O)NC(=O)CN1C(=O)CCC1CCCCN1. The molecule has 2 N–H and O–H groups in total. The van der Waals surface area contributed by atoms with Crippen LogP contribution in [0.3, 0.4) is 0 Å². The Labute approximate surface area is 119 Å². The number of rotatable bonds is 3. The first-order chi connectivity index (χ1) is 9.41. The van der Waals surface area contributed by atoms with Crippen molar-refractivity contribution >= 4 is 17.7 Å². The summed E-state index contributed by atoms with van der Waals surface area (Å²) in [5.41, 5.74) is -0.953. The van der Waals surface area contributed by atoms with Crippen LogP contribution in [-0.2, 0) is 14.4 Å². The van der Waals surface area contributed by atoms with Crippen LogP contribution in [0.4, 0.5) is 0 Å². The predicted molar refractivity (Wildman–Crippen MR) is 73.8 cm³/mol. The maximum atomic E-state index is 12.3. The van der Waals surface area contributed by atoms with Crippen molar-refractivity contribution in [2.45, 2.75) is 57.5 Å². The molecule has 2 fully saturated rings. The molecule has 20 heavy (non-hydrogen) atoms. The highest BCUT2D eigenvalue weighted by Crippen LogP contribution is 2.21. The zero-order chi connectivity index (χ0) is 14.8. The van der Waals surface area contributed by atoms with Crippen LogP contribution >= 0.6 is 0 Å². The van der Waals surface area contributed by atoms with E-state index in [9.17, 15) is 14.4 Å². The third-order valence-corrected chi connectivity index (χ3v) is 4.21. The second kappa shape index (κ2) is 5.91. The van der Waals surface area contributed by atoms with Crippen LogP contribution in [-0.4, -0.2) is 47.3 Å². The summed E-state index contributed by atoms with van der Waals surface area (Å²) in [6, 6.07) is 0.380. The average molecular weight is 281 g/mol. The van der Waals surface area contributed by atoms with Gasteiger partial charge in [0, 0.05) is 12.5 Å². The van der Waals surface area contributed by atoms with E-state index >= 15 is 0 Å². The first-order valence-electron chi connectivity index (χ1n) is 7.29. The van der Waals surface area contributed by atoms with E-state index in [0.29, 0.717) is 12.5 Å². The maximum absolute atomic E-state index is 12.3. The van der Waals surface area contributed by atoms with E-state index in [1.54, 1.807) is 13.8 Å². The minimum Gasteiger partial charge on any atom is -0.319 e. The fraction of sp³-hybridized carbons (Fsp3) is 0.786. The smallest absolute Gasteiger partial charge is 0.252 e. The lowest BCUT2D eigenvalue weighted by Crippen LogP contribution is -2.65. The van der Waals surface area contributed by atoms with Gasteiger partial charge in [0.1, 0.15) is 12.1 Å². The third kappa shape index (κ3) is 3.17. The molecule has 0 bridgehead atoms. The summed E-state index contributed by atoms with van der Waals surface area (Å²) in [7, 11) is 0. The van der Waals surface area contributed by atoms with E-state index in [4.69, 9.17) is 0 Å². The molecule has 0 spiro atoms. The fourth-order valence-electron chi connectivity index (χ4n) is 2.79. The zero-order valence-corrected chi connectivity index (χ0v) is 12.2. The molecule has 112 valence electrons. The molecule has 2 heterocycles. The molecular weight excluding hydrogens is 258 g/mol. The Balaban J connectivity index is 1.92. The van der Waals surface area contributed by atoms with Gasteiger partial charge in [-0.1, -0.05) is 6.42 Å². The van der Waals surface area contributed by atoms with Gasteiger partial charge in [-0.15, -0.1) is 0 Å². The van der Waals surface area contributed by atoms with Gasteiger partial charge in [0.25, 0.3) is 5.91 Å². The van der Waals surface area contributed by atoms with E-state index in [-0.39, 0.29) is 12.5 Å². The second-order valence-electron chi connectivity index (χ2n) is 6.10. The van der Waals surface area contributed by atoms with Gasteiger partial charge in [-0.3, -0.25) is 19.7 Å². The molecule has 2 rings (SSSR count). The van der Waals surface area contributed by atoms with Gasteiger partial charge in [0.05, 0.1) is 0 Å². The maximum Gasteiger partial charge on any atom is 0.252 e. The second-order valence-corrected chi connectivity index (χ2v) is 6.10. The van der Waals surface area contributed by atoms with E-state index in [1.807, 2.05) is 0 Å². The van der Waals surface area contributed by atoms with Crippen LogP contribution in [0.15, 0.2) is 0 Å². The highest BCUT2D eigenvalue weighted by molar-refractivity contribution is 6.06. The van der Waals surface area contributed by atoms with Crippen molar-refractivity contribution in [2.24, 2.45) is 0 Å². The topological polar surface area (TPSA) is 78.5 Å². The van der Waals surface area contributed by atoms with E-state index in [0.717, 1.165) is 19.4 Å². The summed E-state index contributed by atoms with van der Waals surface area (Å²) in [4.78, 5) is 37.0. The van der Waals surface area contributed by atoms with Gasteiger partial charge >= 0.3 is 0 Å². The normalized spacial score (nSPS) is 26.3. The molecule has 1 unspecified atom stereocenters. The highest BCUT2D eigenvalue weighted by Gasteiger charge is 2.43. The Kier molecular flexibility index (Phi) is 4.42.